The molecule has 3 nitrogen and oxygen atoms in total. The zero-order valence-corrected chi connectivity index (χ0v) is 17.3. The molecular formula is C23H22NO2PS. The summed E-state index contributed by atoms with van der Waals surface area (Å²) in [7, 11) is 1.36. The van der Waals surface area contributed by atoms with Crippen LogP contribution in [0.5, 0.6) is 0 Å². The van der Waals surface area contributed by atoms with Crippen molar-refractivity contribution in [1.82, 2.24) is 5.09 Å². The van der Waals surface area contributed by atoms with E-state index in [1.807, 2.05) is 91.0 Å². The second kappa shape index (κ2) is 9.11. The summed E-state index contributed by atoms with van der Waals surface area (Å²) in [4.78, 5) is 12.3. The van der Waals surface area contributed by atoms with Crippen LogP contribution < -0.4 is 15.7 Å². The largest absolute Gasteiger partial charge is 0.466 e. The number of nitrogens with one attached hydrogen (secondary N) is 1. The van der Waals surface area contributed by atoms with Gasteiger partial charge in [0.25, 0.3) is 0 Å². The van der Waals surface area contributed by atoms with E-state index in [-0.39, 0.29) is 0 Å². The Morgan fingerprint density at radius 1 is 0.893 bits per heavy atom. The Morgan fingerprint density at radius 3 is 1.75 bits per heavy atom. The van der Waals surface area contributed by atoms with Gasteiger partial charge >= 0.3 is 5.97 Å². The first-order valence-corrected chi connectivity index (χ1v) is 11.7. The Balaban J connectivity index is 2.12. The van der Waals surface area contributed by atoms with Crippen LogP contribution in [0.4, 0.5) is 0 Å². The van der Waals surface area contributed by atoms with Gasteiger partial charge in [-0.3, -0.25) is 5.09 Å². The predicted octanol–water partition coefficient (Wildman–Crippen LogP) is 4.09. The molecule has 1 N–H and O–H groups in total. The minimum Gasteiger partial charge on any atom is -0.466 e. The topological polar surface area (TPSA) is 38.3 Å². The molecule has 3 aromatic carbocycles. The van der Waals surface area contributed by atoms with Gasteiger partial charge in [0.05, 0.1) is 24.9 Å². The zero-order valence-electron chi connectivity index (χ0n) is 15.6. The van der Waals surface area contributed by atoms with Crippen molar-refractivity contribution < 1.29 is 9.53 Å². The Labute approximate surface area is 171 Å². The first-order valence-electron chi connectivity index (χ1n) is 8.87. The molecule has 5 heteroatoms. The van der Waals surface area contributed by atoms with Crippen LogP contribution in [0.25, 0.3) is 0 Å². The van der Waals surface area contributed by atoms with Gasteiger partial charge in [0.15, 0.2) is 0 Å². The summed E-state index contributed by atoms with van der Waals surface area (Å²) in [5.74, 6) is -0.455. The van der Waals surface area contributed by atoms with Crippen molar-refractivity contribution in [1.29, 1.82) is 0 Å². The quantitative estimate of drug-likeness (QED) is 0.364. The summed E-state index contributed by atoms with van der Waals surface area (Å²) >= 11 is 6.26. The van der Waals surface area contributed by atoms with Crippen LogP contribution in [0.2, 0.25) is 0 Å². The number of esters is 1. The minimum absolute atomic E-state index is 0.329. The van der Waals surface area contributed by atoms with Crippen LogP contribution in [0.15, 0.2) is 103 Å². The van der Waals surface area contributed by atoms with E-state index in [0.717, 1.165) is 16.2 Å². The SMILES string of the molecule is C=C(C(=O)OC)C(NP(=S)(c1ccccc1)c1ccccc1)c1ccccc1. The highest BCUT2D eigenvalue weighted by Gasteiger charge is 2.30. The van der Waals surface area contributed by atoms with Gasteiger partial charge in [0.1, 0.15) is 0 Å². The van der Waals surface area contributed by atoms with Crippen LogP contribution in [0.3, 0.4) is 0 Å². The second-order valence-electron chi connectivity index (χ2n) is 6.27. The third kappa shape index (κ3) is 4.31. The smallest absolute Gasteiger partial charge is 0.335 e. The fraction of sp³-hybridized carbons (Fsp3) is 0.0870. The second-order valence-corrected chi connectivity index (χ2v) is 10.4. The highest BCUT2D eigenvalue weighted by molar-refractivity contribution is 8.20. The molecule has 0 saturated heterocycles. The number of carbonyl (C=O) groups is 1. The maximum Gasteiger partial charge on any atom is 0.335 e. The molecule has 1 unspecified atom stereocenters. The molecule has 0 bridgehead atoms. The predicted molar refractivity (Wildman–Crippen MR) is 120 cm³/mol. The summed E-state index contributed by atoms with van der Waals surface area (Å²) in [6.45, 7) is 4.01. The van der Waals surface area contributed by atoms with Crippen molar-refractivity contribution in [2.24, 2.45) is 0 Å². The first kappa shape index (κ1) is 20.2. The molecule has 0 aliphatic heterocycles. The molecule has 0 aromatic heterocycles. The van der Waals surface area contributed by atoms with E-state index in [1.165, 1.54) is 7.11 Å². The van der Waals surface area contributed by atoms with Gasteiger partial charge in [0.2, 0.25) is 0 Å². The van der Waals surface area contributed by atoms with Gasteiger partial charge in [-0.05, 0) is 5.56 Å². The van der Waals surface area contributed by atoms with E-state index in [1.54, 1.807) is 0 Å². The van der Waals surface area contributed by atoms with Crippen molar-refractivity contribution >= 4 is 34.6 Å². The van der Waals surface area contributed by atoms with Gasteiger partial charge in [-0.15, -0.1) is 0 Å². The van der Waals surface area contributed by atoms with E-state index in [2.05, 4.69) is 11.7 Å². The Morgan fingerprint density at radius 2 is 1.32 bits per heavy atom. The maximum atomic E-state index is 12.3. The molecular weight excluding hydrogens is 385 g/mol. The minimum atomic E-state index is -2.44. The van der Waals surface area contributed by atoms with E-state index in [0.29, 0.717) is 5.57 Å². The van der Waals surface area contributed by atoms with Gasteiger partial charge in [-0.1, -0.05) is 109 Å². The van der Waals surface area contributed by atoms with E-state index < -0.39 is 18.2 Å². The summed E-state index contributed by atoms with van der Waals surface area (Å²) < 4.78 is 4.94. The van der Waals surface area contributed by atoms with E-state index in [9.17, 15) is 4.79 Å². The molecule has 28 heavy (non-hydrogen) atoms. The monoisotopic (exact) mass is 407 g/mol. The Hall–Kier alpha value is -2.52. The van der Waals surface area contributed by atoms with Gasteiger partial charge in [0, 0.05) is 10.6 Å². The highest BCUT2D eigenvalue weighted by Crippen LogP contribution is 2.43. The number of hydrogen-bond acceptors (Lipinski definition) is 3. The number of benzene rings is 3. The molecule has 0 radical (unpaired) electrons. The van der Waals surface area contributed by atoms with Gasteiger partial charge < -0.3 is 4.74 Å². The van der Waals surface area contributed by atoms with Crippen LogP contribution in [0.1, 0.15) is 11.6 Å². The molecule has 0 saturated carbocycles. The third-order valence-corrected chi connectivity index (χ3v) is 8.73. The van der Waals surface area contributed by atoms with Gasteiger partial charge in [-0.25, -0.2) is 4.79 Å². The third-order valence-electron chi connectivity index (χ3n) is 4.48. The average Bonchev–Trinajstić information content (AvgIpc) is 2.78. The van der Waals surface area contributed by atoms with Crippen LogP contribution in [-0.2, 0) is 21.3 Å². The van der Waals surface area contributed by atoms with Crippen molar-refractivity contribution in [2.45, 2.75) is 6.04 Å². The molecule has 0 heterocycles. The molecule has 3 rings (SSSR count). The Kier molecular flexibility index (Phi) is 6.58. The van der Waals surface area contributed by atoms with Crippen molar-refractivity contribution in [3.8, 4) is 0 Å². The lowest BCUT2D eigenvalue weighted by Crippen LogP contribution is -2.32. The molecule has 0 aliphatic rings. The lowest BCUT2D eigenvalue weighted by Gasteiger charge is -2.31. The zero-order chi connectivity index (χ0) is 20.0. The number of rotatable bonds is 7. The standard InChI is InChI=1S/C23H22NO2PS/c1-18(23(25)26-2)22(19-12-6-3-7-13-19)24-27(28,20-14-8-4-9-15-20)21-16-10-5-11-17-21/h3-17,22H,1H2,2H3,(H,24,28). The fourth-order valence-electron chi connectivity index (χ4n) is 3.00. The molecule has 1 atom stereocenters. The lowest BCUT2D eigenvalue weighted by atomic mass is 10.0. The number of carbonyl (C=O) groups excluding carboxylic acids is 1. The Bertz CT molecular complexity index is 947. The molecule has 0 aliphatic carbocycles. The summed E-state index contributed by atoms with van der Waals surface area (Å²) in [6, 6.07) is 29.2. The summed E-state index contributed by atoms with van der Waals surface area (Å²) in [5.41, 5.74) is 1.24. The number of methoxy groups -OCH3 is 1. The van der Waals surface area contributed by atoms with Crippen molar-refractivity contribution in [3.63, 3.8) is 0 Å². The normalized spacial score (nSPS) is 12.2. The number of hydrogen-bond donors (Lipinski definition) is 1. The number of ether oxygens (including phenoxy) is 1. The molecule has 0 amide bonds. The van der Waals surface area contributed by atoms with E-state index >= 15 is 0 Å². The summed E-state index contributed by atoms with van der Waals surface area (Å²) in [6.07, 6.45) is -2.44. The summed E-state index contributed by atoms with van der Waals surface area (Å²) in [5, 5.41) is 5.67. The van der Waals surface area contributed by atoms with Gasteiger partial charge in [-0.2, -0.15) is 0 Å². The molecule has 0 spiro atoms. The average molecular weight is 407 g/mol. The van der Waals surface area contributed by atoms with E-state index in [4.69, 9.17) is 16.5 Å². The van der Waals surface area contributed by atoms with Crippen molar-refractivity contribution in [3.05, 3.63) is 109 Å². The lowest BCUT2D eigenvalue weighted by molar-refractivity contribution is -0.136. The molecule has 142 valence electrons. The molecule has 0 fully saturated rings. The van der Waals surface area contributed by atoms with Crippen LogP contribution >= 0.6 is 6.19 Å². The maximum absolute atomic E-state index is 12.3. The van der Waals surface area contributed by atoms with Crippen LogP contribution in [-0.4, -0.2) is 13.1 Å². The molecule has 3 aromatic rings. The van der Waals surface area contributed by atoms with Crippen LogP contribution in [0, 0.1) is 0 Å². The fourth-order valence-corrected chi connectivity index (χ4v) is 6.50. The van der Waals surface area contributed by atoms with Crippen molar-refractivity contribution in [2.75, 3.05) is 7.11 Å². The first-order chi connectivity index (χ1) is 13.6. The highest BCUT2D eigenvalue weighted by atomic mass is 32.4.